The van der Waals surface area contributed by atoms with Crippen LogP contribution >= 0.6 is 0 Å². The molecular formula is C32H32O4. The first-order chi connectivity index (χ1) is 17.7. The van der Waals surface area contributed by atoms with E-state index in [1.54, 1.807) is 28.4 Å². The smallest absolute Gasteiger partial charge is 0.123 e. The molecular weight excluding hydrogens is 448 g/mol. The maximum atomic E-state index is 6.00. The summed E-state index contributed by atoms with van der Waals surface area (Å²) in [6, 6.07) is 33.3. The Labute approximate surface area is 213 Å². The first-order valence-electron chi connectivity index (χ1n) is 12.2. The second kappa shape index (κ2) is 9.62. The lowest BCUT2D eigenvalue weighted by atomic mass is 9.40. The summed E-state index contributed by atoms with van der Waals surface area (Å²) < 4.78 is 24.0. The molecule has 1 aliphatic rings. The van der Waals surface area contributed by atoms with Gasteiger partial charge in [0.2, 0.25) is 0 Å². The van der Waals surface area contributed by atoms with Gasteiger partial charge >= 0.3 is 0 Å². The van der Waals surface area contributed by atoms with Crippen LogP contribution in [-0.2, 0) is 10.8 Å². The minimum atomic E-state index is -0.518. The van der Waals surface area contributed by atoms with Crippen LogP contribution in [0.2, 0.25) is 0 Å². The lowest BCUT2D eigenvalue weighted by Gasteiger charge is -2.61. The second-order valence-corrected chi connectivity index (χ2v) is 9.11. The minimum absolute atomic E-state index is 0.518. The molecule has 4 heteroatoms. The molecule has 0 N–H and O–H groups in total. The maximum absolute atomic E-state index is 6.00. The number of ether oxygens (including phenoxy) is 4. The van der Waals surface area contributed by atoms with E-state index < -0.39 is 10.8 Å². The summed E-state index contributed by atoms with van der Waals surface area (Å²) in [4.78, 5) is 0. The lowest BCUT2D eigenvalue weighted by Crippen LogP contribution is -2.59. The van der Waals surface area contributed by atoms with Gasteiger partial charge in [-0.1, -0.05) is 72.8 Å². The standard InChI is InChI=1S/C32H32O4/c1-33-27-17-9-5-13-23(27)31(24-14-6-10-18-28(24)34-2)21-22-32(31,25-15-7-11-19-29(25)35-3)26-16-8-12-20-30(26)36-4/h5-20H,21-22H2,1-4H3. The quantitative estimate of drug-likeness (QED) is 0.278. The van der Waals surface area contributed by atoms with Gasteiger partial charge in [-0.15, -0.1) is 0 Å². The molecule has 0 atom stereocenters. The molecule has 0 amide bonds. The van der Waals surface area contributed by atoms with Gasteiger partial charge in [-0.25, -0.2) is 0 Å². The summed E-state index contributed by atoms with van der Waals surface area (Å²) in [5.41, 5.74) is 3.41. The predicted molar refractivity (Wildman–Crippen MR) is 143 cm³/mol. The van der Waals surface area contributed by atoms with E-state index in [0.29, 0.717) is 0 Å². The van der Waals surface area contributed by atoms with Crippen LogP contribution in [0.15, 0.2) is 97.1 Å². The zero-order valence-electron chi connectivity index (χ0n) is 21.3. The number of benzene rings is 4. The van der Waals surface area contributed by atoms with E-state index in [2.05, 4.69) is 48.5 Å². The Morgan fingerprint density at radius 2 is 0.611 bits per heavy atom. The second-order valence-electron chi connectivity index (χ2n) is 9.11. The molecule has 184 valence electrons. The van der Waals surface area contributed by atoms with E-state index in [9.17, 15) is 0 Å². The zero-order chi connectivity index (χ0) is 25.2. The Hall–Kier alpha value is -3.92. The van der Waals surface area contributed by atoms with E-state index >= 15 is 0 Å². The van der Waals surface area contributed by atoms with Gasteiger partial charge in [0, 0.05) is 33.1 Å². The van der Waals surface area contributed by atoms with E-state index in [0.717, 1.165) is 58.1 Å². The molecule has 0 spiro atoms. The van der Waals surface area contributed by atoms with Gasteiger partial charge < -0.3 is 18.9 Å². The molecule has 4 nitrogen and oxygen atoms in total. The number of hydrogen-bond donors (Lipinski definition) is 0. The molecule has 4 aromatic rings. The summed E-state index contributed by atoms with van der Waals surface area (Å²) in [6.45, 7) is 0. The van der Waals surface area contributed by atoms with Gasteiger partial charge in [0.05, 0.1) is 28.4 Å². The molecule has 36 heavy (non-hydrogen) atoms. The van der Waals surface area contributed by atoms with Crippen molar-refractivity contribution in [2.75, 3.05) is 28.4 Å². The number of para-hydroxylation sites is 4. The van der Waals surface area contributed by atoms with Gasteiger partial charge in [0.25, 0.3) is 0 Å². The van der Waals surface area contributed by atoms with Crippen LogP contribution in [0.1, 0.15) is 35.1 Å². The van der Waals surface area contributed by atoms with E-state index in [-0.39, 0.29) is 0 Å². The van der Waals surface area contributed by atoms with E-state index in [1.807, 2.05) is 48.5 Å². The fourth-order valence-electron chi connectivity index (χ4n) is 6.36. The number of rotatable bonds is 8. The van der Waals surface area contributed by atoms with Crippen molar-refractivity contribution in [1.82, 2.24) is 0 Å². The van der Waals surface area contributed by atoms with Gasteiger partial charge in [0.1, 0.15) is 23.0 Å². The molecule has 0 aliphatic heterocycles. The van der Waals surface area contributed by atoms with Crippen molar-refractivity contribution >= 4 is 0 Å². The summed E-state index contributed by atoms with van der Waals surface area (Å²) >= 11 is 0. The molecule has 1 aliphatic carbocycles. The van der Waals surface area contributed by atoms with Gasteiger partial charge in [0.15, 0.2) is 0 Å². The molecule has 0 unspecified atom stereocenters. The third-order valence-electron chi connectivity index (χ3n) is 7.87. The first kappa shape index (κ1) is 23.8. The topological polar surface area (TPSA) is 36.9 Å². The van der Waals surface area contributed by atoms with Crippen LogP contribution in [0.3, 0.4) is 0 Å². The van der Waals surface area contributed by atoms with Crippen molar-refractivity contribution in [3.8, 4) is 23.0 Å². The SMILES string of the molecule is COc1ccccc1C1(c2ccccc2OC)CCC1(c1ccccc1OC)c1ccccc1OC. The van der Waals surface area contributed by atoms with Gasteiger partial charge in [-0.2, -0.15) is 0 Å². The van der Waals surface area contributed by atoms with Crippen LogP contribution in [0.4, 0.5) is 0 Å². The Bertz CT molecular complexity index is 1160. The molecule has 0 heterocycles. The molecule has 5 rings (SSSR count). The first-order valence-corrected chi connectivity index (χ1v) is 12.2. The van der Waals surface area contributed by atoms with E-state index in [4.69, 9.17) is 18.9 Å². The summed E-state index contributed by atoms with van der Waals surface area (Å²) in [5.74, 6) is 3.38. The Morgan fingerprint density at radius 3 is 0.806 bits per heavy atom. The monoisotopic (exact) mass is 480 g/mol. The van der Waals surface area contributed by atoms with Crippen molar-refractivity contribution in [3.63, 3.8) is 0 Å². The van der Waals surface area contributed by atoms with Crippen LogP contribution < -0.4 is 18.9 Å². The minimum Gasteiger partial charge on any atom is -0.496 e. The van der Waals surface area contributed by atoms with E-state index in [1.165, 1.54) is 0 Å². The van der Waals surface area contributed by atoms with Crippen molar-refractivity contribution in [1.29, 1.82) is 0 Å². The highest BCUT2D eigenvalue weighted by Gasteiger charge is 2.65. The number of hydrogen-bond acceptors (Lipinski definition) is 4. The van der Waals surface area contributed by atoms with Gasteiger partial charge in [-0.3, -0.25) is 0 Å². The van der Waals surface area contributed by atoms with Crippen molar-refractivity contribution in [2.45, 2.75) is 23.7 Å². The van der Waals surface area contributed by atoms with Crippen LogP contribution in [0.5, 0.6) is 23.0 Å². The largest absolute Gasteiger partial charge is 0.496 e. The highest BCUT2D eigenvalue weighted by Crippen LogP contribution is 2.69. The van der Waals surface area contributed by atoms with Crippen LogP contribution in [0.25, 0.3) is 0 Å². The lowest BCUT2D eigenvalue weighted by molar-refractivity contribution is 0.136. The van der Waals surface area contributed by atoms with Crippen molar-refractivity contribution in [2.24, 2.45) is 0 Å². The van der Waals surface area contributed by atoms with Gasteiger partial charge in [-0.05, 0) is 37.1 Å². The Kier molecular flexibility index (Phi) is 6.36. The van der Waals surface area contributed by atoms with Crippen molar-refractivity contribution < 1.29 is 18.9 Å². The van der Waals surface area contributed by atoms with Crippen LogP contribution in [0, 0.1) is 0 Å². The third kappa shape index (κ3) is 3.28. The molecule has 1 fully saturated rings. The summed E-state index contributed by atoms with van der Waals surface area (Å²) in [5, 5.41) is 0. The summed E-state index contributed by atoms with van der Waals surface area (Å²) in [7, 11) is 6.95. The molecule has 0 bridgehead atoms. The fraction of sp³-hybridized carbons (Fsp3) is 0.250. The summed E-state index contributed by atoms with van der Waals surface area (Å²) in [6.07, 6.45) is 1.79. The normalized spacial score (nSPS) is 15.4. The van der Waals surface area contributed by atoms with Crippen molar-refractivity contribution in [3.05, 3.63) is 119 Å². The zero-order valence-corrected chi connectivity index (χ0v) is 21.3. The molecule has 0 radical (unpaired) electrons. The molecule has 4 aromatic carbocycles. The predicted octanol–water partition coefficient (Wildman–Crippen LogP) is 6.79. The average Bonchev–Trinajstić information content (AvgIpc) is 2.94. The van der Waals surface area contributed by atoms with Crippen LogP contribution in [-0.4, -0.2) is 28.4 Å². The highest BCUT2D eigenvalue weighted by atomic mass is 16.5. The molecule has 0 aromatic heterocycles. The Balaban J connectivity index is 1.98. The molecule has 0 saturated heterocycles. The highest BCUT2D eigenvalue weighted by molar-refractivity contribution is 5.68. The Morgan fingerprint density at radius 1 is 0.389 bits per heavy atom. The molecule has 1 saturated carbocycles. The third-order valence-corrected chi connectivity index (χ3v) is 7.87. The number of methoxy groups -OCH3 is 4. The maximum Gasteiger partial charge on any atom is 0.123 e. The fourth-order valence-corrected chi connectivity index (χ4v) is 6.36. The average molecular weight is 481 g/mol.